The van der Waals surface area contributed by atoms with Crippen LogP contribution in [0.25, 0.3) is 0 Å². The molecule has 0 unspecified atom stereocenters. The average Bonchev–Trinajstić information content (AvgIpc) is 1.36. The Balaban J connectivity index is 3.68. The largest absolute Gasteiger partial charge is 0.480 e. The predicted octanol–water partition coefficient (Wildman–Crippen LogP) is 1.53. The lowest BCUT2D eigenvalue weighted by Crippen LogP contribution is -1.74. The predicted molar refractivity (Wildman–Crippen MR) is 23.8 cm³/mol. The summed E-state index contributed by atoms with van der Waals surface area (Å²) in [5.41, 5.74) is 0. The normalized spacial score (nSPS) is 7.67. The zero-order valence-electron chi connectivity index (χ0n) is 3.27. The minimum Gasteiger partial charge on any atom is -0.480 e. The van der Waals surface area contributed by atoms with E-state index in [0.717, 1.165) is 0 Å². The molecule has 3 heteroatoms. The summed E-state index contributed by atoms with van der Waals surface area (Å²) in [6, 6.07) is 0. The lowest BCUT2D eigenvalue weighted by molar-refractivity contribution is 0.188. The van der Waals surface area contributed by atoms with Crippen LogP contribution in [0.4, 0.5) is 0 Å². The molecule has 0 saturated heterocycles. The quantitative estimate of drug-likeness (QED) is 0.462. The molecule has 0 aromatic carbocycles. The minimum absolute atomic E-state index is 0.00926. The van der Waals surface area contributed by atoms with E-state index >= 15 is 0 Å². The van der Waals surface area contributed by atoms with Crippen molar-refractivity contribution >= 4 is 11.6 Å². The summed E-state index contributed by atoms with van der Waals surface area (Å²) < 4.78 is 0. The molecule has 0 heterocycles. The first-order valence-corrected chi connectivity index (χ1v) is 1.76. The highest BCUT2D eigenvalue weighted by Crippen LogP contribution is 1.99. The summed E-state index contributed by atoms with van der Waals surface area (Å²) in [6.45, 7) is 1.39. The van der Waals surface area contributed by atoms with Crippen molar-refractivity contribution in [3.05, 3.63) is 11.0 Å². The fraction of sp³-hybridized carbons (Fsp3) is 0.333. The third kappa shape index (κ3) is 1.91. The molecule has 2 nitrogen and oxygen atoms in total. The fourth-order valence-electron chi connectivity index (χ4n) is 0. The number of aliphatic hydroxyl groups is 2. The Hall–Kier alpha value is -0.370. The summed E-state index contributed by atoms with van der Waals surface area (Å²) in [4.78, 5) is 0. The molecular weight excluding hydrogens is 103 g/mol. The molecule has 0 rings (SSSR count). The number of hydrogen-bond donors (Lipinski definition) is 2. The fourth-order valence-corrected chi connectivity index (χ4v) is 0. The number of aliphatic hydroxyl groups excluding tert-OH is 1. The Kier molecular flexibility index (Phi) is 1.81. The van der Waals surface area contributed by atoms with Gasteiger partial charge in [-0.3, -0.25) is 0 Å². The maximum absolute atomic E-state index is 7.93. The average molecular weight is 109 g/mol. The highest BCUT2D eigenvalue weighted by Gasteiger charge is 1.85. The molecule has 0 aliphatic rings. The van der Waals surface area contributed by atoms with E-state index in [1.54, 1.807) is 0 Å². The number of hydrogen-bond acceptors (Lipinski definition) is 2. The van der Waals surface area contributed by atoms with Gasteiger partial charge >= 0.3 is 0 Å². The van der Waals surface area contributed by atoms with Gasteiger partial charge in [-0.25, -0.2) is 0 Å². The van der Waals surface area contributed by atoms with Crippen molar-refractivity contribution in [3.63, 3.8) is 0 Å². The molecule has 2 N–H and O–H groups in total. The standard InChI is InChI=1S/C3H5ClO2/c1-2(4)3(5)6/h5-6H,1H3. The molecule has 6 heavy (non-hydrogen) atoms. The van der Waals surface area contributed by atoms with Crippen molar-refractivity contribution in [3.8, 4) is 0 Å². The highest BCUT2D eigenvalue weighted by molar-refractivity contribution is 6.29. The van der Waals surface area contributed by atoms with E-state index in [2.05, 4.69) is 0 Å². The van der Waals surface area contributed by atoms with Crippen LogP contribution in [0, 0.1) is 0 Å². The van der Waals surface area contributed by atoms with Crippen molar-refractivity contribution in [1.29, 1.82) is 0 Å². The van der Waals surface area contributed by atoms with Gasteiger partial charge in [0.25, 0.3) is 5.95 Å². The number of allylic oxidation sites excluding steroid dienone is 1. The molecule has 36 valence electrons. The Morgan fingerprint density at radius 2 is 1.67 bits per heavy atom. The van der Waals surface area contributed by atoms with Crippen molar-refractivity contribution in [2.24, 2.45) is 0 Å². The Bertz CT molecular complexity index is 58.9. The molecule has 0 aromatic heterocycles. The van der Waals surface area contributed by atoms with Crippen LogP contribution in [0.1, 0.15) is 6.92 Å². The van der Waals surface area contributed by atoms with E-state index in [1.165, 1.54) is 6.92 Å². The zero-order chi connectivity index (χ0) is 5.15. The summed E-state index contributed by atoms with van der Waals surface area (Å²) in [7, 11) is 0. The maximum Gasteiger partial charge on any atom is 0.289 e. The molecule has 0 radical (unpaired) electrons. The van der Waals surface area contributed by atoms with Gasteiger partial charge in [0.2, 0.25) is 0 Å². The van der Waals surface area contributed by atoms with Crippen LogP contribution >= 0.6 is 11.6 Å². The van der Waals surface area contributed by atoms with Crippen molar-refractivity contribution in [2.75, 3.05) is 0 Å². The topological polar surface area (TPSA) is 40.5 Å². The zero-order valence-corrected chi connectivity index (χ0v) is 4.03. The molecule has 0 amide bonds. The van der Waals surface area contributed by atoms with Crippen LogP contribution in [0.5, 0.6) is 0 Å². The van der Waals surface area contributed by atoms with Gasteiger partial charge in [-0.2, -0.15) is 0 Å². The van der Waals surface area contributed by atoms with E-state index in [9.17, 15) is 0 Å². The van der Waals surface area contributed by atoms with Gasteiger partial charge in [-0.05, 0) is 6.92 Å². The molecule has 0 aromatic rings. The summed E-state index contributed by atoms with van der Waals surface area (Å²) in [5.74, 6) is -0.809. The molecule has 0 saturated carbocycles. The Labute approximate surface area is 40.7 Å². The second-order valence-electron chi connectivity index (χ2n) is 0.857. The lowest BCUT2D eigenvalue weighted by atomic mass is 10.7. The third-order valence-corrected chi connectivity index (χ3v) is 0.477. The SMILES string of the molecule is CC(Cl)=C(O)O. The van der Waals surface area contributed by atoms with Crippen molar-refractivity contribution in [1.82, 2.24) is 0 Å². The van der Waals surface area contributed by atoms with Gasteiger partial charge < -0.3 is 10.2 Å². The van der Waals surface area contributed by atoms with Crippen molar-refractivity contribution in [2.45, 2.75) is 6.92 Å². The van der Waals surface area contributed by atoms with Gasteiger partial charge in [0, 0.05) is 0 Å². The Morgan fingerprint density at radius 1 is 1.50 bits per heavy atom. The van der Waals surface area contributed by atoms with Crippen LogP contribution < -0.4 is 0 Å². The first-order valence-electron chi connectivity index (χ1n) is 1.39. The maximum atomic E-state index is 7.93. The minimum atomic E-state index is -0.809. The second-order valence-corrected chi connectivity index (χ2v) is 1.42. The molecule has 0 atom stereocenters. The first kappa shape index (κ1) is 5.63. The monoisotopic (exact) mass is 108 g/mol. The van der Waals surface area contributed by atoms with E-state index in [-0.39, 0.29) is 5.03 Å². The van der Waals surface area contributed by atoms with Crippen LogP contribution in [-0.4, -0.2) is 10.2 Å². The van der Waals surface area contributed by atoms with Crippen LogP contribution in [0.2, 0.25) is 0 Å². The second kappa shape index (κ2) is 1.92. The summed E-state index contributed by atoms with van der Waals surface area (Å²) >= 11 is 4.99. The third-order valence-electron chi connectivity index (χ3n) is 0.308. The molecule has 0 aliphatic heterocycles. The van der Waals surface area contributed by atoms with E-state index in [0.29, 0.717) is 0 Å². The van der Waals surface area contributed by atoms with Gasteiger partial charge in [0.15, 0.2) is 0 Å². The molecule has 0 fully saturated rings. The van der Waals surface area contributed by atoms with Gasteiger partial charge in [-0.1, -0.05) is 11.6 Å². The van der Waals surface area contributed by atoms with Gasteiger partial charge in [0.1, 0.15) is 0 Å². The van der Waals surface area contributed by atoms with Crippen LogP contribution in [-0.2, 0) is 0 Å². The lowest BCUT2D eigenvalue weighted by Gasteiger charge is -1.83. The molecule has 0 aliphatic carbocycles. The first-order chi connectivity index (χ1) is 2.64. The number of halogens is 1. The van der Waals surface area contributed by atoms with E-state index < -0.39 is 5.95 Å². The van der Waals surface area contributed by atoms with Crippen LogP contribution in [0.15, 0.2) is 11.0 Å². The number of rotatable bonds is 0. The van der Waals surface area contributed by atoms with E-state index in [1.807, 2.05) is 0 Å². The Morgan fingerprint density at radius 3 is 1.67 bits per heavy atom. The van der Waals surface area contributed by atoms with Crippen LogP contribution in [0.3, 0.4) is 0 Å². The molecule has 0 bridgehead atoms. The summed E-state index contributed by atoms with van der Waals surface area (Å²) in [5, 5.41) is 15.9. The van der Waals surface area contributed by atoms with Crippen molar-refractivity contribution < 1.29 is 10.2 Å². The van der Waals surface area contributed by atoms with E-state index in [4.69, 9.17) is 21.8 Å². The highest BCUT2D eigenvalue weighted by atomic mass is 35.5. The van der Waals surface area contributed by atoms with Gasteiger partial charge in [-0.15, -0.1) is 0 Å². The molecular formula is C3H5ClO2. The summed E-state index contributed by atoms with van der Waals surface area (Å²) in [6.07, 6.45) is 0. The van der Waals surface area contributed by atoms with Gasteiger partial charge in [0.05, 0.1) is 5.03 Å². The molecule has 0 spiro atoms. The smallest absolute Gasteiger partial charge is 0.289 e.